The van der Waals surface area contributed by atoms with Crippen molar-refractivity contribution >= 4 is 28.9 Å². The molecule has 0 saturated carbocycles. The normalized spacial score (nSPS) is 18.5. The summed E-state index contributed by atoms with van der Waals surface area (Å²) in [4.78, 5) is 4.89. The predicted molar refractivity (Wildman–Crippen MR) is 153 cm³/mol. The van der Waals surface area contributed by atoms with E-state index in [9.17, 15) is 0 Å². The lowest BCUT2D eigenvalue weighted by Gasteiger charge is -2.41. The third kappa shape index (κ3) is 5.85. The molecule has 2 atom stereocenters. The SMILES string of the molecule is CNC(CCCN1C=C(N2CCNCC2c2ccc(Cl)c(Cl)c2)c2ccoc2C1)c1cc(C)cc(C)c1. The molecule has 5 nitrogen and oxygen atoms in total. The van der Waals surface area contributed by atoms with Gasteiger partial charge in [-0.1, -0.05) is 58.6 Å². The lowest BCUT2D eigenvalue weighted by atomic mass is 9.97. The number of halogens is 2. The van der Waals surface area contributed by atoms with Gasteiger partial charge >= 0.3 is 0 Å². The highest BCUT2D eigenvalue weighted by atomic mass is 35.5. The van der Waals surface area contributed by atoms with Crippen molar-refractivity contribution in [3.8, 4) is 0 Å². The molecule has 1 saturated heterocycles. The molecule has 3 aromatic rings. The van der Waals surface area contributed by atoms with Crippen LogP contribution in [0.1, 0.15) is 58.5 Å². The average molecular weight is 540 g/mol. The van der Waals surface area contributed by atoms with Crippen LogP contribution in [-0.4, -0.2) is 43.0 Å². The van der Waals surface area contributed by atoms with Crippen molar-refractivity contribution in [3.63, 3.8) is 0 Å². The fourth-order valence-electron chi connectivity index (χ4n) is 5.73. The van der Waals surface area contributed by atoms with Crippen LogP contribution in [-0.2, 0) is 6.54 Å². The molecule has 2 aliphatic heterocycles. The molecule has 0 amide bonds. The second kappa shape index (κ2) is 11.5. The Kier molecular flexibility index (Phi) is 8.15. The highest BCUT2D eigenvalue weighted by Crippen LogP contribution is 2.38. The highest BCUT2D eigenvalue weighted by molar-refractivity contribution is 6.42. The number of nitrogens with zero attached hydrogens (tertiary/aromatic N) is 2. The Morgan fingerprint density at radius 1 is 1.08 bits per heavy atom. The number of nitrogens with one attached hydrogen (secondary N) is 2. The lowest BCUT2D eigenvalue weighted by Crippen LogP contribution is -2.45. The molecule has 1 fully saturated rings. The molecule has 0 bridgehead atoms. The van der Waals surface area contributed by atoms with Crippen LogP contribution in [0.25, 0.3) is 5.70 Å². The number of hydrogen-bond donors (Lipinski definition) is 2. The van der Waals surface area contributed by atoms with Crippen molar-refractivity contribution in [1.82, 2.24) is 20.4 Å². The van der Waals surface area contributed by atoms with E-state index in [0.29, 0.717) is 16.1 Å². The van der Waals surface area contributed by atoms with E-state index in [1.165, 1.54) is 28.0 Å². The maximum atomic E-state index is 6.40. The second-order valence-electron chi connectivity index (χ2n) is 10.2. The molecule has 196 valence electrons. The average Bonchev–Trinajstić information content (AvgIpc) is 3.36. The Balaban J connectivity index is 1.34. The van der Waals surface area contributed by atoms with Crippen molar-refractivity contribution in [2.45, 2.75) is 45.3 Å². The molecular weight excluding hydrogens is 503 g/mol. The summed E-state index contributed by atoms with van der Waals surface area (Å²) in [5.41, 5.74) is 7.57. The largest absolute Gasteiger partial charge is 0.467 e. The predicted octanol–water partition coefficient (Wildman–Crippen LogP) is 6.70. The standard InChI is InChI=1S/C30H36Cl2N4O/c1-20-13-21(2)15-23(14-20)27(33-3)5-4-10-35-18-29(24-8-12-37-30(24)19-35)36-11-9-34-17-28(36)22-6-7-25(31)26(32)16-22/h6-8,12-16,18,27-28,33-34H,4-5,9-11,17,19H2,1-3H3. The van der Waals surface area contributed by atoms with E-state index in [-0.39, 0.29) is 6.04 Å². The zero-order valence-electron chi connectivity index (χ0n) is 21.9. The molecule has 2 aliphatic rings. The molecule has 0 radical (unpaired) electrons. The van der Waals surface area contributed by atoms with E-state index in [1.54, 1.807) is 0 Å². The van der Waals surface area contributed by atoms with Crippen LogP contribution in [0, 0.1) is 13.8 Å². The Hall–Kier alpha value is -2.44. The van der Waals surface area contributed by atoms with Gasteiger partial charge in [-0.05, 0) is 63.1 Å². The highest BCUT2D eigenvalue weighted by Gasteiger charge is 2.31. The molecular formula is C30H36Cl2N4O. The van der Waals surface area contributed by atoms with Crippen LogP contribution in [0.4, 0.5) is 0 Å². The Morgan fingerprint density at radius 3 is 2.65 bits per heavy atom. The molecule has 2 N–H and O–H groups in total. The summed E-state index contributed by atoms with van der Waals surface area (Å²) in [7, 11) is 2.06. The molecule has 5 rings (SSSR count). The van der Waals surface area contributed by atoms with Gasteiger partial charge in [0.25, 0.3) is 0 Å². The molecule has 2 aromatic carbocycles. The minimum atomic E-state index is 0.163. The van der Waals surface area contributed by atoms with Gasteiger partial charge in [0.05, 0.1) is 34.6 Å². The number of benzene rings is 2. The molecule has 0 aliphatic carbocycles. The number of fused-ring (bicyclic) bond motifs is 1. The van der Waals surface area contributed by atoms with Gasteiger partial charge in [-0.2, -0.15) is 0 Å². The Labute approximate surface area is 230 Å². The van der Waals surface area contributed by atoms with Crippen molar-refractivity contribution in [3.05, 3.63) is 98.6 Å². The van der Waals surface area contributed by atoms with Crippen LogP contribution in [0.3, 0.4) is 0 Å². The van der Waals surface area contributed by atoms with E-state index >= 15 is 0 Å². The summed E-state index contributed by atoms with van der Waals surface area (Å²) in [6.45, 7) is 8.80. The summed E-state index contributed by atoms with van der Waals surface area (Å²) in [5.74, 6) is 1.03. The fraction of sp³-hybridized carbons (Fsp3) is 0.400. The van der Waals surface area contributed by atoms with Gasteiger partial charge in [0, 0.05) is 44.0 Å². The zero-order chi connectivity index (χ0) is 25.9. The molecule has 0 spiro atoms. The summed E-state index contributed by atoms with van der Waals surface area (Å²) >= 11 is 12.6. The first-order chi connectivity index (χ1) is 17.9. The van der Waals surface area contributed by atoms with E-state index in [0.717, 1.165) is 56.9 Å². The number of piperazine rings is 1. The number of hydrogen-bond acceptors (Lipinski definition) is 5. The first kappa shape index (κ1) is 26.2. The molecule has 3 heterocycles. The van der Waals surface area contributed by atoms with E-state index < -0.39 is 0 Å². The number of rotatable bonds is 8. The third-order valence-electron chi connectivity index (χ3n) is 7.49. The number of furan rings is 1. The molecule has 37 heavy (non-hydrogen) atoms. The smallest absolute Gasteiger partial charge is 0.132 e. The first-order valence-electron chi connectivity index (χ1n) is 13.1. The van der Waals surface area contributed by atoms with Crippen LogP contribution >= 0.6 is 23.2 Å². The monoisotopic (exact) mass is 538 g/mol. The van der Waals surface area contributed by atoms with E-state index in [2.05, 4.69) is 77.9 Å². The van der Waals surface area contributed by atoms with Crippen LogP contribution in [0.15, 0.2) is 59.3 Å². The molecule has 2 unspecified atom stereocenters. The van der Waals surface area contributed by atoms with Crippen molar-refractivity contribution in [2.24, 2.45) is 0 Å². The van der Waals surface area contributed by atoms with Gasteiger partial charge in [-0.25, -0.2) is 0 Å². The third-order valence-corrected chi connectivity index (χ3v) is 8.23. The fourth-order valence-corrected chi connectivity index (χ4v) is 6.04. The van der Waals surface area contributed by atoms with Gasteiger partial charge in [0.15, 0.2) is 0 Å². The Morgan fingerprint density at radius 2 is 1.89 bits per heavy atom. The maximum absolute atomic E-state index is 6.40. The summed E-state index contributed by atoms with van der Waals surface area (Å²) < 4.78 is 5.95. The van der Waals surface area contributed by atoms with Crippen LogP contribution < -0.4 is 10.6 Å². The topological polar surface area (TPSA) is 43.7 Å². The summed E-state index contributed by atoms with van der Waals surface area (Å²) in [5, 5.41) is 8.26. The first-order valence-corrected chi connectivity index (χ1v) is 13.9. The van der Waals surface area contributed by atoms with Crippen molar-refractivity contribution in [2.75, 3.05) is 33.2 Å². The van der Waals surface area contributed by atoms with Crippen LogP contribution in [0.2, 0.25) is 10.0 Å². The number of aryl methyl sites for hydroxylation is 2. The Bertz CT molecular complexity index is 1250. The van der Waals surface area contributed by atoms with E-state index in [1.807, 2.05) is 18.4 Å². The van der Waals surface area contributed by atoms with Gasteiger partial charge in [-0.15, -0.1) is 0 Å². The minimum Gasteiger partial charge on any atom is -0.467 e. The van der Waals surface area contributed by atoms with Gasteiger partial charge < -0.3 is 24.9 Å². The minimum absolute atomic E-state index is 0.163. The van der Waals surface area contributed by atoms with Crippen molar-refractivity contribution < 1.29 is 4.42 Å². The van der Waals surface area contributed by atoms with Crippen molar-refractivity contribution in [1.29, 1.82) is 0 Å². The summed E-state index contributed by atoms with van der Waals surface area (Å²) in [6, 6.07) is 15.4. The van der Waals surface area contributed by atoms with Gasteiger partial charge in [0.2, 0.25) is 0 Å². The molecule has 7 heteroatoms. The quantitative estimate of drug-likeness (QED) is 0.333. The zero-order valence-corrected chi connectivity index (χ0v) is 23.4. The van der Waals surface area contributed by atoms with Crippen LogP contribution in [0.5, 0.6) is 0 Å². The maximum Gasteiger partial charge on any atom is 0.132 e. The van der Waals surface area contributed by atoms with Gasteiger partial charge in [-0.3, -0.25) is 0 Å². The molecule has 1 aromatic heterocycles. The van der Waals surface area contributed by atoms with Gasteiger partial charge in [0.1, 0.15) is 5.76 Å². The van der Waals surface area contributed by atoms with E-state index in [4.69, 9.17) is 27.6 Å². The second-order valence-corrected chi connectivity index (χ2v) is 11.0. The summed E-state index contributed by atoms with van der Waals surface area (Å²) in [6.07, 6.45) is 6.30. The lowest BCUT2D eigenvalue weighted by molar-refractivity contribution is 0.233.